The van der Waals surface area contributed by atoms with E-state index >= 15 is 22.0 Å². The molecule has 0 aromatic heterocycles. The number of alkyl halides is 4. The lowest BCUT2D eigenvalue weighted by Gasteiger charge is -2.35. The van der Waals surface area contributed by atoms with Gasteiger partial charge in [0.25, 0.3) is 0 Å². The van der Waals surface area contributed by atoms with Crippen molar-refractivity contribution < 1.29 is 35.5 Å². The van der Waals surface area contributed by atoms with Crippen LogP contribution in [0.2, 0.25) is 0 Å². The van der Waals surface area contributed by atoms with E-state index in [1.54, 1.807) is 19.1 Å². The summed E-state index contributed by atoms with van der Waals surface area (Å²) in [5.41, 5.74) is -3.29. The molecule has 3 aromatic rings. The average Bonchev–Trinajstić information content (AvgIpc) is 2.82. The van der Waals surface area contributed by atoms with Gasteiger partial charge in [0, 0.05) is 0 Å². The third kappa shape index (κ3) is 4.24. The molecule has 0 radical (unpaired) electrons. The Morgan fingerprint density at radius 1 is 0.694 bits per heavy atom. The molecule has 0 heterocycles. The van der Waals surface area contributed by atoms with Gasteiger partial charge < -0.3 is 4.74 Å². The smallest absolute Gasteiger partial charge is 0.343 e. The van der Waals surface area contributed by atoms with Crippen molar-refractivity contribution in [1.29, 1.82) is 0 Å². The Morgan fingerprint density at radius 2 is 1.31 bits per heavy atom. The van der Waals surface area contributed by atoms with E-state index in [2.05, 4.69) is 0 Å². The Balaban J connectivity index is 1.71. The summed E-state index contributed by atoms with van der Waals surface area (Å²) in [5.74, 6) is -14.2. The first kappa shape index (κ1) is 26.0. The molecule has 0 aliphatic heterocycles. The minimum atomic E-state index is -5.03. The number of ether oxygens (including phenoxy) is 1. The number of fused-ring (bicyclic) bond motifs is 3. The Labute approximate surface area is 204 Å². The summed E-state index contributed by atoms with van der Waals surface area (Å²) in [6.07, 6.45) is 2.76. The molecule has 1 aliphatic rings. The molecule has 0 atom stereocenters. The second-order valence-electron chi connectivity index (χ2n) is 8.98. The van der Waals surface area contributed by atoms with Gasteiger partial charge in [0.1, 0.15) is 18.2 Å². The molecular weight excluding hydrogens is 485 g/mol. The van der Waals surface area contributed by atoms with Gasteiger partial charge in [-0.15, -0.1) is 0 Å². The summed E-state index contributed by atoms with van der Waals surface area (Å²) in [7, 11) is 0. The van der Waals surface area contributed by atoms with Crippen LogP contribution in [0.1, 0.15) is 60.9 Å². The summed E-state index contributed by atoms with van der Waals surface area (Å²) >= 11 is 0. The summed E-state index contributed by atoms with van der Waals surface area (Å²) < 4.78 is 110. The summed E-state index contributed by atoms with van der Waals surface area (Å²) in [6, 6.07) is 8.76. The van der Waals surface area contributed by atoms with Gasteiger partial charge >= 0.3 is 11.8 Å². The maximum Gasteiger partial charge on any atom is 0.343 e. The molecule has 1 aliphatic carbocycles. The molecule has 4 rings (SSSR count). The van der Waals surface area contributed by atoms with Crippen LogP contribution in [-0.2, 0) is 31.3 Å². The molecule has 0 amide bonds. The molecule has 0 bridgehead atoms. The van der Waals surface area contributed by atoms with Gasteiger partial charge in [0.05, 0.1) is 11.1 Å². The Kier molecular flexibility index (Phi) is 7.08. The van der Waals surface area contributed by atoms with E-state index in [-0.39, 0.29) is 18.6 Å². The molecule has 0 spiro atoms. The molecule has 1 nitrogen and oxygen atoms in total. The van der Waals surface area contributed by atoms with Crippen LogP contribution < -0.4 is 4.74 Å². The first-order valence-corrected chi connectivity index (χ1v) is 11.8. The van der Waals surface area contributed by atoms with Crippen LogP contribution in [0.3, 0.4) is 0 Å². The lowest BCUT2D eigenvalue weighted by Crippen LogP contribution is -2.41. The number of hydrogen-bond acceptors (Lipinski definition) is 1. The van der Waals surface area contributed by atoms with Gasteiger partial charge in [-0.1, -0.05) is 51.0 Å². The zero-order valence-electron chi connectivity index (χ0n) is 19.8. The molecule has 192 valence electrons. The SMILES string of the molecule is CCCCc1ccc(COc2ccc3c(c2F)C(F)(F)C(F)(F)c2c-3ccc(CCC)c2F)cc1F. The van der Waals surface area contributed by atoms with E-state index < -0.39 is 57.3 Å². The lowest BCUT2D eigenvalue weighted by molar-refractivity contribution is -0.228. The van der Waals surface area contributed by atoms with Crippen LogP contribution in [-0.4, -0.2) is 0 Å². The van der Waals surface area contributed by atoms with E-state index in [1.807, 2.05) is 6.92 Å². The van der Waals surface area contributed by atoms with Crippen molar-refractivity contribution in [3.05, 3.63) is 87.7 Å². The first-order chi connectivity index (χ1) is 17.0. The fourth-order valence-corrected chi connectivity index (χ4v) is 4.54. The van der Waals surface area contributed by atoms with Gasteiger partial charge in [-0.3, -0.25) is 0 Å². The zero-order chi connectivity index (χ0) is 26.3. The normalized spacial score (nSPS) is 15.4. The van der Waals surface area contributed by atoms with Crippen LogP contribution in [0.25, 0.3) is 11.1 Å². The Hall–Kier alpha value is -3.03. The highest BCUT2D eigenvalue weighted by Gasteiger charge is 2.65. The molecule has 0 fully saturated rings. The van der Waals surface area contributed by atoms with Gasteiger partial charge in [0.15, 0.2) is 11.6 Å². The molecule has 0 saturated carbocycles. The molecule has 0 saturated heterocycles. The quantitative estimate of drug-likeness (QED) is 0.275. The van der Waals surface area contributed by atoms with E-state index in [0.29, 0.717) is 24.0 Å². The maximum atomic E-state index is 15.3. The number of halogens is 7. The monoisotopic (exact) mass is 510 g/mol. The van der Waals surface area contributed by atoms with Crippen molar-refractivity contribution in [2.45, 2.75) is 64.4 Å². The molecule has 8 heteroatoms. The van der Waals surface area contributed by atoms with Crippen LogP contribution in [0.5, 0.6) is 5.75 Å². The second kappa shape index (κ2) is 9.79. The Morgan fingerprint density at radius 3 is 1.92 bits per heavy atom. The third-order valence-electron chi connectivity index (χ3n) is 6.47. The van der Waals surface area contributed by atoms with Crippen LogP contribution >= 0.6 is 0 Å². The van der Waals surface area contributed by atoms with Gasteiger partial charge in [0.2, 0.25) is 0 Å². The van der Waals surface area contributed by atoms with E-state index in [1.165, 1.54) is 12.1 Å². The van der Waals surface area contributed by atoms with Gasteiger partial charge in [-0.05, 0) is 65.3 Å². The largest absolute Gasteiger partial charge is 0.486 e. The van der Waals surface area contributed by atoms with E-state index in [0.717, 1.165) is 31.0 Å². The fourth-order valence-electron chi connectivity index (χ4n) is 4.54. The highest BCUT2D eigenvalue weighted by molar-refractivity contribution is 5.77. The molecule has 0 N–H and O–H groups in total. The number of rotatable bonds is 8. The van der Waals surface area contributed by atoms with Gasteiger partial charge in [-0.2, -0.15) is 17.6 Å². The highest BCUT2D eigenvalue weighted by atomic mass is 19.3. The Bertz CT molecular complexity index is 1280. The predicted octanol–water partition coefficient (Wildman–Crippen LogP) is 8.84. The van der Waals surface area contributed by atoms with Gasteiger partial charge in [-0.25, -0.2) is 13.2 Å². The first-order valence-electron chi connectivity index (χ1n) is 11.8. The summed E-state index contributed by atoms with van der Waals surface area (Å²) in [4.78, 5) is 0. The average molecular weight is 510 g/mol. The van der Waals surface area contributed by atoms with Crippen molar-refractivity contribution in [3.63, 3.8) is 0 Å². The lowest BCUT2D eigenvalue weighted by atomic mass is 9.79. The zero-order valence-corrected chi connectivity index (χ0v) is 19.8. The van der Waals surface area contributed by atoms with Crippen molar-refractivity contribution in [2.24, 2.45) is 0 Å². The minimum Gasteiger partial charge on any atom is -0.486 e. The molecule has 0 unspecified atom stereocenters. The third-order valence-corrected chi connectivity index (χ3v) is 6.47. The topological polar surface area (TPSA) is 9.23 Å². The van der Waals surface area contributed by atoms with E-state index in [4.69, 9.17) is 4.74 Å². The van der Waals surface area contributed by atoms with Crippen LogP contribution in [0, 0.1) is 17.5 Å². The molecular formula is C28H25F7O. The van der Waals surface area contributed by atoms with Crippen molar-refractivity contribution in [1.82, 2.24) is 0 Å². The summed E-state index contributed by atoms with van der Waals surface area (Å²) in [6.45, 7) is 3.31. The van der Waals surface area contributed by atoms with Crippen molar-refractivity contribution in [2.75, 3.05) is 0 Å². The van der Waals surface area contributed by atoms with E-state index in [9.17, 15) is 8.78 Å². The standard InChI is InChI=1S/C28H25F7O/c1-3-5-7-17-9-8-16(14-21(17)29)15-36-22-13-12-20-19-11-10-18(6-4-2)25(30)23(19)27(32,33)28(34,35)24(20)26(22)31/h8-14H,3-7,15H2,1-2H3. The fraction of sp³-hybridized carbons (Fsp3) is 0.357. The highest BCUT2D eigenvalue weighted by Crippen LogP contribution is 2.60. The van der Waals surface area contributed by atoms with Crippen LogP contribution in [0.4, 0.5) is 30.7 Å². The number of aryl methyl sites for hydroxylation is 2. The number of hydrogen-bond donors (Lipinski definition) is 0. The second-order valence-corrected chi connectivity index (χ2v) is 8.98. The molecule has 36 heavy (non-hydrogen) atoms. The van der Waals surface area contributed by atoms with Crippen molar-refractivity contribution >= 4 is 0 Å². The van der Waals surface area contributed by atoms with Crippen LogP contribution in [0.15, 0.2) is 42.5 Å². The minimum absolute atomic E-state index is 0.0922. The predicted molar refractivity (Wildman–Crippen MR) is 123 cm³/mol. The number of benzene rings is 3. The maximum absolute atomic E-state index is 15.3. The van der Waals surface area contributed by atoms with Crippen molar-refractivity contribution in [3.8, 4) is 16.9 Å². The molecule has 3 aromatic carbocycles. The summed E-state index contributed by atoms with van der Waals surface area (Å²) in [5, 5.41) is 0. The number of unbranched alkanes of at least 4 members (excludes halogenated alkanes) is 1.